The van der Waals surface area contributed by atoms with Crippen molar-refractivity contribution < 1.29 is 0 Å². The highest BCUT2D eigenvalue weighted by molar-refractivity contribution is 4.88. The van der Waals surface area contributed by atoms with Crippen molar-refractivity contribution >= 4 is 0 Å². The van der Waals surface area contributed by atoms with Crippen molar-refractivity contribution in [1.82, 2.24) is 16.0 Å². The zero-order valence-corrected chi connectivity index (χ0v) is 13.3. The van der Waals surface area contributed by atoms with E-state index < -0.39 is 0 Å². The van der Waals surface area contributed by atoms with Crippen LogP contribution < -0.4 is 21.7 Å². The van der Waals surface area contributed by atoms with E-state index in [2.05, 4.69) is 22.9 Å². The molecule has 3 atom stereocenters. The largest absolute Gasteiger partial charge is 0.318 e. The van der Waals surface area contributed by atoms with Crippen LogP contribution in [0.3, 0.4) is 0 Å². The first-order chi connectivity index (χ1) is 9.70. The average molecular weight is 282 g/mol. The summed E-state index contributed by atoms with van der Waals surface area (Å²) in [7, 11) is 2.03. The molecule has 20 heavy (non-hydrogen) atoms. The molecule has 0 heterocycles. The normalized spacial score (nSPS) is 25.9. The summed E-state index contributed by atoms with van der Waals surface area (Å²) in [5, 5.41) is 10.8. The molecule has 0 saturated heterocycles. The van der Waals surface area contributed by atoms with Gasteiger partial charge >= 0.3 is 0 Å². The van der Waals surface area contributed by atoms with E-state index in [1.807, 2.05) is 7.05 Å². The van der Waals surface area contributed by atoms with Crippen molar-refractivity contribution in [3.63, 3.8) is 0 Å². The van der Waals surface area contributed by atoms with Gasteiger partial charge in [0, 0.05) is 30.6 Å². The second-order valence-electron chi connectivity index (χ2n) is 6.85. The fraction of sp³-hybridized carbons (Fsp3) is 1.00. The summed E-state index contributed by atoms with van der Waals surface area (Å²) >= 11 is 0. The molecule has 0 amide bonds. The van der Waals surface area contributed by atoms with Crippen molar-refractivity contribution in [1.29, 1.82) is 0 Å². The van der Waals surface area contributed by atoms with Crippen molar-refractivity contribution in [3.8, 4) is 0 Å². The Morgan fingerprint density at radius 3 is 2.10 bits per heavy atom. The summed E-state index contributed by atoms with van der Waals surface area (Å²) in [6.07, 6.45) is 10.9. The number of hydrogen-bond donors (Lipinski definition) is 4. The molecular weight excluding hydrogens is 248 g/mol. The molecule has 0 bridgehead atoms. The number of hydrogen-bond acceptors (Lipinski definition) is 4. The molecule has 0 aromatic rings. The fourth-order valence-electron chi connectivity index (χ4n) is 3.44. The van der Waals surface area contributed by atoms with Crippen LogP contribution in [0.5, 0.6) is 0 Å². The van der Waals surface area contributed by atoms with Crippen LogP contribution in [-0.4, -0.2) is 37.9 Å². The molecule has 2 aliphatic carbocycles. The molecule has 0 radical (unpaired) electrons. The predicted octanol–water partition coefficient (Wildman–Crippen LogP) is 1.56. The van der Waals surface area contributed by atoms with Crippen LogP contribution in [0.25, 0.3) is 0 Å². The second-order valence-corrected chi connectivity index (χ2v) is 6.85. The first-order valence-electron chi connectivity index (χ1n) is 8.63. The smallest absolute Gasteiger partial charge is 0.0590 e. The maximum absolute atomic E-state index is 6.44. The highest BCUT2D eigenvalue weighted by Gasteiger charge is 2.28. The zero-order chi connectivity index (χ0) is 14.4. The monoisotopic (exact) mass is 282 g/mol. The Kier molecular flexibility index (Phi) is 6.75. The molecule has 118 valence electrons. The van der Waals surface area contributed by atoms with Crippen LogP contribution in [-0.2, 0) is 0 Å². The van der Waals surface area contributed by atoms with Crippen LogP contribution in [0, 0.1) is 5.92 Å². The summed E-state index contributed by atoms with van der Waals surface area (Å²) in [6.45, 7) is 3.28. The van der Waals surface area contributed by atoms with Gasteiger partial charge in [-0.2, -0.15) is 0 Å². The highest BCUT2D eigenvalue weighted by Crippen LogP contribution is 2.21. The van der Waals surface area contributed by atoms with E-state index >= 15 is 0 Å². The Labute approximate surface area is 124 Å². The van der Waals surface area contributed by atoms with Gasteiger partial charge in [0.15, 0.2) is 0 Å². The Morgan fingerprint density at radius 2 is 1.55 bits per heavy atom. The van der Waals surface area contributed by atoms with Gasteiger partial charge in [-0.25, -0.2) is 0 Å². The summed E-state index contributed by atoms with van der Waals surface area (Å²) in [6, 6.07) is 1.83. The quantitative estimate of drug-likeness (QED) is 0.510. The van der Waals surface area contributed by atoms with Gasteiger partial charge in [0.05, 0.1) is 6.17 Å². The summed E-state index contributed by atoms with van der Waals surface area (Å²) in [4.78, 5) is 0. The summed E-state index contributed by atoms with van der Waals surface area (Å²) < 4.78 is 0. The van der Waals surface area contributed by atoms with Crippen LogP contribution >= 0.6 is 0 Å². The van der Waals surface area contributed by atoms with Crippen LogP contribution in [0.4, 0.5) is 0 Å². The molecule has 2 aliphatic rings. The van der Waals surface area contributed by atoms with Gasteiger partial charge in [0.2, 0.25) is 0 Å². The van der Waals surface area contributed by atoms with Crippen molar-refractivity contribution in [3.05, 3.63) is 0 Å². The maximum atomic E-state index is 6.44. The molecule has 2 rings (SSSR count). The minimum atomic E-state index is 0.101. The van der Waals surface area contributed by atoms with E-state index in [0.29, 0.717) is 18.0 Å². The molecule has 3 unspecified atom stereocenters. The third kappa shape index (κ3) is 4.69. The lowest BCUT2D eigenvalue weighted by molar-refractivity contribution is 0.210. The summed E-state index contributed by atoms with van der Waals surface area (Å²) in [5.74, 6) is 0.449. The Bertz CT molecular complexity index is 261. The minimum absolute atomic E-state index is 0.101. The first-order valence-corrected chi connectivity index (χ1v) is 8.63. The Hall–Kier alpha value is -0.160. The third-order valence-electron chi connectivity index (χ3n) is 5.21. The lowest BCUT2D eigenvalue weighted by atomic mass is 9.89. The topological polar surface area (TPSA) is 62.1 Å². The predicted molar refractivity (Wildman–Crippen MR) is 85.6 cm³/mol. The molecule has 2 saturated carbocycles. The van der Waals surface area contributed by atoms with Crippen LogP contribution in [0.15, 0.2) is 0 Å². The van der Waals surface area contributed by atoms with Crippen molar-refractivity contribution in [2.24, 2.45) is 11.7 Å². The zero-order valence-electron chi connectivity index (χ0n) is 13.3. The SMILES string of the molecule is CNCC(NC1CCC1)C(C)C(N)NC1CCCCC1. The van der Waals surface area contributed by atoms with Gasteiger partial charge in [0.1, 0.15) is 0 Å². The molecule has 0 aromatic heterocycles. The minimum Gasteiger partial charge on any atom is -0.318 e. The van der Waals surface area contributed by atoms with Gasteiger partial charge in [-0.1, -0.05) is 32.6 Å². The fourth-order valence-corrected chi connectivity index (χ4v) is 3.44. The molecule has 2 fully saturated rings. The van der Waals surface area contributed by atoms with E-state index in [9.17, 15) is 0 Å². The van der Waals surface area contributed by atoms with Gasteiger partial charge < -0.3 is 16.4 Å². The Balaban J connectivity index is 1.79. The highest BCUT2D eigenvalue weighted by atomic mass is 15.1. The molecule has 5 N–H and O–H groups in total. The number of nitrogens with one attached hydrogen (secondary N) is 3. The Morgan fingerprint density at radius 1 is 0.950 bits per heavy atom. The number of likely N-dealkylation sites (N-methyl/N-ethyl adjacent to an activating group) is 1. The average Bonchev–Trinajstić information content (AvgIpc) is 2.41. The lowest BCUT2D eigenvalue weighted by Gasteiger charge is -2.38. The number of rotatable bonds is 8. The van der Waals surface area contributed by atoms with E-state index in [1.54, 1.807) is 0 Å². The van der Waals surface area contributed by atoms with Gasteiger partial charge in [-0.05, 0) is 32.7 Å². The molecule has 4 heteroatoms. The molecule has 0 spiro atoms. The van der Waals surface area contributed by atoms with Gasteiger partial charge in [-0.3, -0.25) is 5.32 Å². The van der Waals surface area contributed by atoms with Crippen LogP contribution in [0.1, 0.15) is 58.3 Å². The van der Waals surface area contributed by atoms with E-state index in [-0.39, 0.29) is 6.17 Å². The second kappa shape index (κ2) is 8.32. The molecule has 0 aromatic carbocycles. The maximum Gasteiger partial charge on any atom is 0.0590 e. The van der Waals surface area contributed by atoms with Crippen molar-refractivity contribution in [2.45, 2.75) is 82.6 Å². The molecular formula is C16H34N4. The van der Waals surface area contributed by atoms with Crippen LogP contribution in [0.2, 0.25) is 0 Å². The third-order valence-corrected chi connectivity index (χ3v) is 5.21. The van der Waals surface area contributed by atoms with Crippen molar-refractivity contribution in [2.75, 3.05) is 13.6 Å². The molecule has 4 nitrogen and oxygen atoms in total. The molecule has 0 aliphatic heterocycles. The van der Waals surface area contributed by atoms with E-state index in [0.717, 1.165) is 12.6 Å². The van der Waals surface area contributed by atoms with E-state index in [4.69, 9.17) is 5.73 Å². The first kappa shape index (κ1) is 16.2. The lowest BCUT2D eigenvalue weighted by Crippen LogP contribution is -2.58. The van der Waals surface area contributed by atoms with Gasteiger partial charge in [-0.15, -0.1) is 0 Å². The van der Waals surface area contributed by atoms with Gasteiger partial charge in [0.25, 0.3) is 0 Å². The standard InChI is InChI=1S/C16H34N4/c1-12(15(11-18-2)19-13-9-6-10-13)16(17)20-14-7-4-3-5-8-14/h12-16,18-20H,3-11,17H2,1-2H3. The summed E-state index contributed by atoms with van der Waals surface area (Å²) in [5.41, 5.74) is 6.44. The van der Waals surface area contributed by atoms with E-state index in [1.165, 1.54) is 51.4 Å². The number of nitrogens with two attached hydrogens (primary N) is 1.